The van der Waals surface area contributed by atoms with Gasteiger partial charge in [-0.1, -0.05) is 35.3 Å². The third-order valence-corrected chi connectivity index (χ3v) is 6.00. The molecule has 1 saturated heterocycles. The summed E-state index contributed by atoms with van der Waals surface area (Å²) in [6.07, 6.45) is 2.33. The van der Waals surface area contributed by atoms with Crippen molar-refractivity contribution in [3.8, 4) is 5.75 Å². The first-order valence-electron chi connectivity index (χ1n) is 9.14. The van der Waals surface area contributed by atoms with Gasteiger partial charge in [0.15, 0.2) is 0 Å². The molecule has 0 radical (unpaired) electrons. The fraction of sp³-hybridized carbons (Fsp3) is 0.381. The Hall–Kier alpha value is -1.75. The van der Waals surface area contributed by atoms with Crippen molar-refractivity contribution in [1.29, 1.82) is 0 Å². The number of benzene rings is 2. The van der Waals surface area contributed by atoms with E-state index in [9.17, 15) is 9.90 Å². The third-order valence-electron chi connectivity index (χ3n) is 5.11. The molecule has 0 saturated carbocycles. The topological polar surface area (TPSA) is 43.8 Å². The van der Waals surface area contributed by atoms with Crippen molar-refractivity contribution in [3.05, 3.63) is 57.6 Å². The highest BCUT2D eigenvalue weighted by Gasteiger charge is 2.29. The van der Waals surface area contributed by atoms with E-state index in [2.05, 4.69) is 4.90 Å². The first-order chi connectivity index (χ1) is 12.9. The molecule has 1 aliphatic rings. The Labute approximate surface area is 170 Å². The number of rotatable bonds is 5. The average Bonchev–Trinajstić information content (AvgIpc) is 3.14. The zero-order valence-corrected chi connectivity index (χ0v) is 17.1. The van der Waals surface area contributed by atoms with E-state index in [0.717, 1.165) is 29.9 Å². The highest BCUT2D eigenvalue weighted by molar-refractivity contribution is 6.42. The highest BCUT2D eigenvalue weighted by Crippen LogP contribution is 2.37. The molecule has 0 aliphatic carbocycles. The number of phenols is 1. The van der Waals surface area contributed by atoms with Gasteiger partial charge in [-0.15, -0.1) is 0 Å². The SMILES string of the molecule is CC(=O)N(c1ccc(Cl)c(Cl)c1C)C(CN1CCCC1)c1cccc(O)c1. The van der Waals surface area contributed by atoms with Gasteiger partial charge < -0.3 is 14.9 Å². The Balaban J connectivity index is 2.08. The Bertz CT molecular complexity index is 835. The van der Waals surface area contributed by atoms with Gasteiger partial charge in [0.2, 0.25) is 5.91 Å². The number of halogens is 2. The normalized spacial score (nSPS) is 15.7. The molecule has 6 heteroatoms. The van der Waals surface area contributed by atoms with Crippen molar-refractivity contribution in [2.24, 2.45) is 0 Å². The van der Waals surface area contributed by atoms with E-state index < -0.39 is 0 Å². The van der Waals surface area contributed by atoms with Crippen LogP contribution < -0.4 is 4.90 Å². The van der Waals surface area contributed by atoms with Crippen LogP contribution in [0.1, 0.15) is 36.9 Å². The van der Waals surface area contributed by atoms with Crippen LogP contribution in [-0.2, 0) is 4.79 Å². The molecule has 1 fully saturated rings. The molecular weight excluding hydrogens is 383 g/mol. The Morgan fingerprint density at radius 1 is 1.22 bits per heavy atom. The largest absolute Gasteiger partial charge is 0.508 e. The number of amides is 1. The van der Waals surface area contributed by atoms with Crippen molar-refractivity contribution in [2.75, 3.05) is 24.5 Å². The highest BCUT2D eigenvalue weighted by atomic mass is 35.5. The van der Waals surface area contributed by atoms with Crippen LogP contribution in [-0.4, -0.2) is 35.5 Å². The zero-order chi connectivity index (χ0) is 19.6. The molecule has 27 heavy (non-hydrogen) atoms. The van der Waals surface area contributed by atoms with Crippen molar-refractivity contribution >= 4 is 34.8 Å². The van der Waals surface area contributed by atoms with E-state index >= 15 is 0 Å². The predicted molar refractivity (Wildman–Crippen MR) is 111 cm³/mol. The maximum Gasteiger partial charge on any atom is 0.224 e. The molecule has 1 amide bonds. The summed E-state index contributed by atoms with van der Waals surface area (Å²) in [5.41, 5.74) is 2.40. The van der Waals surface area contributed by atoms with E-state index in [1.54, 1.807) is 30.0 Å². The van der Waals surface area contributed by atoms with Gasteiger partial charge in [0.25, 0.3) is 0 Å². The van der Waals surface area contributed by atoms with E-state index in [4.69, 9.17) is 23.2 Å². The first-order valence-corrected chi connectivity index (χ1v) is 9.89. The van der Waals surface area contributed by atoms with Gasteiger partial charge in [0, 0.05) is 19.2 Å². The van der Waals surface area contributed by atoms with Crippen LogP contribution in [0.4, 0.5) is 5.69 Å². The number of phenolic OH excluding ortho intramolecular Hbond substituents is 1. The molecule has 4 nitrogen and oxygen atoms in total. The smallest absolute Gasteiger partial charge is 0.224 e. The van der Waals surface area contributed by atoms with Gasteiger partial charge in [-0.05, 0) is 68.2 Å². The molecule has 1 aliphatic heterocycles. The van der Waals surface area contributed by atoms with Crippen LogP contribution in [0, 0.1) is 6.92 Å². The first kappa shape index (κ1) is 20.0. The number of anilines is 1. The summed E-state index contributed by atoms with van der Waals surface area (Å²) in [5, 5.41) is 10.9. The summed E-state index contributed by atoms with van der Waals surface area (Å²) in [6.45, 7) is 6.15. The number of likely N-dealkylation sites (tertiary alicyclic amines) is 1. The lowest BCUT2D eigenvalue weighted by Crippen LogP contribution is -2.40. The minimum Gasteiger partial charge on any atom is -0.508 e. The van der Waals surface area contributed by atoms with Gasteiger partial charge in [-0.3, -0.25) is 4.79 Å². The molecule has 1 atom stereocenters. The van der Waals surface area contributed by atoms with Crippen molar-refractivity contribution in [3.63, 3.8) is 0 Å². The van der Waals surface area contributed by atoms with Crippen LogP contribution >= 0.6 is 23.2 Å². The monoisotopic (exact) mass is 406 g/mol. The quantitative estimate of drug-likeness (QED) is 0.741. The number of aromatic hydroxyl groups is 1. The maximum atomic E-state index is 12.7. The Morgan fingerprint density at radius 2 is 1.93 bits per heavy atom. The number of carbonyl (C=O) groups is 1. The van der Waals surface area contributed by atoms with E-state index in [-0.39, 0.29) is 17.7 Å². The second-order valence-electron chi connectivity index (χ2n) is 7.01. The average molecular weight is 407 g/mol. The van der Waals surface area contributed by atoms with Crippen molar-refractivity contribution in [1.82, 2.24) is 4.90 Å². The summed E-state index contributed by atoms with van der Waals surface area (Å²) in [5.74, 6) is 0.109. The van der Waals surface area contributed by atoms with Gasteiger partial charge >= 0.3 is 0 Å². The summed E-state index contributed by atoms with van der Waals surface area (Å²) >= 11 is 12.5. The number of hydrogen-bond acceptors (Lipinski definition) is 3. The second-order valence-corrected chi connectivity index (χ2v) is 7.80. The molecule has 1 unspecified atom stereocenters. The number of hydrogen-bond donors (Lipinski definition) is 1. The van der Waals surface area contributed by atoms with Gasteiger partial charge in [-0.25, -0.2) is 0 Å². The van der Waals surface area contributed by atoms with Crippen LogP contribution in [0.2, 0.25) is 10.0 Å². The Kier molecular flexibility index (Phi) is 6.30. The van der Waals surface area contributed by atoms with Gasteiger partial charge in [-0.2, -0.15) is 0 Å². The third kappa shape index (κ3) is 4.40. The molecule has 1 N–H and O–H groups in total. The molecule has 1 heterocycles. The lowest BCUT2D eigenvalue weighted by Gasteiger charge is -2.35. The van der Waals surface area contributed by atoms with Crippen LogP contribution in [0.5, 0.6) is 5.75 Å². The zero-order valence-electron chi connectivity index (χ0n) is 15.6. The fourth-order valence-corrected chi connectivity index (χ4v) is 4.10. The van der Waals surface area contributed by atoms with Crippen LogP contribution in [0.15, 0.2) is 36.4 Å². The second kappa shape index (κ2) is 8.51. The number of carbonyl (C=O) groups excluding carboxylic acids is 1. The molecule has 0 spiro atoms. The van der Waals surface area contributed by atoms with E-state index in [1.165, 1.54) is 12.8 Å². The minimum absolute atomic E-state index is 0.0796. The molecule has 0 bridgehead atoms. The predicted octanol–water partition coefficient (Wildman–Crippen LogP) is 5.20. The Morgan fingerprint density at radius 3 is 2.56 bits per heavy atom. The van der Waals surface area contributed by atoms with Gasteiger partial charge in [0.05, 0.1) is 16.1 Å². The molecule has 0 aromatic heterocycles. The van der Waals surface area contributed by atoms with Crippen LogP contribution in [0.3, 0.4) is 0 Å². The fourth-order valence-electron chi connectivity index (χ4n) is 3.74. The summed E-state index contributed by atoms with van der Waals surface area (Å²) in [4.78, 5) is 16.9. The lowest BCUT2D eigenvalue weighted by molar-refractivity contribution is -0.117. The van der Waals surface area contributed by atoms with Crippen molar-refractivity contribution < 1.29 is 9.90 Å². The molecular formula is C21H24Cl2N2O2. The summed E-state index contributed by atoms with van der Waals surface area (Å²) < 4.78 is 0. The summed E-state index contributed by atoms with van der Waals surface area (Å²) in [7, 11) is 0. The summed E-state index contributed by atoms with van der Waals surface area (Å²) in [6, 6.07) is 10.4. The standard InChI is InChI=1S/C21H24Cl2N2O2/c1-14-19(9-8-18(22)21(14)23)25(15(2)26)20(13-24-10-3-4-11-24)16-6-5-7-17(27)12-16/h5-9,12,20,27H,3-4,10-11,13H2,1-2H3. The van der Waals surface area contributed by atoms with E-state index in [1.807, 2.05) is 25.1 Å². The van der Waals surface area contributed by atoms with Crippen LogP contribution in [0.25, 0.3) is 0 Å². The maximum absolute atomic E-state index is 12.7. The molecule has 2 aromatic rings. The van der Waals surface area contributed by atoms with Crippen molar-refractivity contribution in [2.45, 2.75) is 32.7 Å². The minimum atomic E-state index is -0.233. The van der Waals surface area contributed by atoms with Gasteiger partial charge in [0.1, 0.15) is 5.75 Å². The lowest BCUT2D eigenvalue weighted by atomic mass is 10.0. The molecule has 144 valence electrons. The number of nitrogens with zero attached hydrogens (tertiary/aromatic N) is 2. The van der Waals surface area contributed by atoms with E-state index in [0.29, 0.717) is 16.6 Å². The molecule has 2 aromatic carbocycles. The molecule has 3 rings (SSSR count).